The van der Waals surface area contributed by atoms with Gasteiger partial charge in [-0.15, -0.1) is 0 Å². The predicted molar refractivity (Wildman–Crippen MR) is 83.8 cm³/mol. The zero-order valence-electron chi connectivity index (χ0n) is 11.9. The van der Waals surface area contributed by atoms with Crippen LogP contribution in [-0.2, 0) is 4.79 Å². The van der Waals surface area contributed by atoms with E-state index in [1.165, 1.54) is 6.07 Å². The maximum absolute atomic E-state index is 12.3. The molecule has 2 rings (SSSR count). The minimum absolute atomic E-state index is 0.0480. The van der Waals surface area contributed by atoms with Gasteiger partial charge in [-0.25, -0.2) is 0 Å². The van der Waals surface area contributed by atoms with Crippen LogP contribution in [0.4, 0.5) is 0 Å². The van der Waals surface area contributed by atoms with E-state index in [0.29, 0.717) is 10.6 Å². The highest BCUT2D eigenvalue weighted by Gasteiger charge is 2.24. The number of likely N-dealkylation sites (tertiary alicyclic amines) is 1. The van der Waals surface area contributed by atoms with Gasteiger partial charge in [0.05, 0.1) is 10.6 Å². The van der Waals surface area contributed by atoms with Crippen LogP contribution in [0, 0.1) is 0 Å². The first-order chi connectivity index (χ1) is 9.99. The average molecular weight is 329 g/mol. The van der Waals surface area contributed by atoms with E-state index in [4.69, 9.17) is 23.2 Å². The van der Waals surface area contributed by atoms with Gasteiger partial charge in [-0.2, -0.15) is 0 Å². The number of nitrogens with one attached hydrogen (secondary N) is 1. The van der Waals surface area contributed by atoms with Crippen molar-refractivity contribution in [3.05, 3.63) is 33.8 Å². The van der Waals surface area contributed by atoms with Crippen molar-refractivity contribution < 1.29 is 9.59 Å². The Morgan fingerprint density at radius 2 is 1.86 bits per heavy atom. The maximum atomic E-state index is 12.3. The second-order valence-electron chi connectivity index (χ2n) is 5.21. The van der Waals surface area contributed by atoms with E-state index in [9.17, 15) is 9.59 Å². The van der Waals surface area contributed by atoms with Crippen LogP contribution in [0.1, 0.15) is 36.5 Å². The molecular formula is C15H18Cl2N2O2. The van der Waals surface area contributed by atoms with Gasteiger partial charge in [-0.3, -0.25) is 9.59 Å². The lowest BCUT2D eigenvalue weighted by Gasteiger charge is -2.29. The van der Waals surface area contributed by atoms with Crippen molar-refractivity contribution in [1.82, 2.24) is 10.2 Å². The SMILES string of the molecule is CC(NC(=O)c1ccc(Cl)cc1Cl)C(=O)N1CCCCC1. The first-order valence-corrected chi connectivity index (χ1v) is 7.79. The molecule has 1 aliphatic rings. The third kappa shape index (κ3) is 4.11. The Kier molecular flexibility index (Phi) is 5.48. The molecule has 1 aromatic rings. The van der Waals surface area contributed by atoms with Crippen LogP contribution in [0.2, 0.25) is 10.0 Å². The van der Waals surface area contributed by atoms with Crippen molar-refractivity contribution in [1.29, 1.82) is 0 Å². The van der Waals surface area contributed by atoms with Gasteiger partial charge in [0, 0.05) is 18.1 Å². The molecule has 1 saturated heterocycles. The molecular weight excluding hydrogens is 311 g/mol. The maximum Gasteiger partial charge on any atom is 0.253 e. The minimum Gasteiger partial charge on any atom is -0.341 e. The highest BCUT2D eigenvalue weighted by molar-refractivity contribution is 6.36. The molecule has 1 N–H and O–H groups in total. The molecule has 1 aromatic carbocycles. The van der Waals surface area contributed by atoms with Crippen molar-refractivity contribution in [2.75, 3.05) is 13.1 Å². The van der Waals surface area contributed by atoms with Gasteiger partial charge in [-0.1, -0.05) is 23.2 Å². The average Bonchev–Trinajstić information content (AvgIpc) is 2.47. The van der Waals surface area contributed by atoms with Gasteiger partial charge in [0.1, 0.15) is 6.04 Å². The lowest BCUT2D eigenvalue weighted by molar-refractivity contribution is -0.133. The van der Waals surface area contributed by atoms with Crippen LogP contribution in [-0.4, -0.2) is 35.8 Å². The Morgan fingerprint density at radius 3 is 2.48 bits per heavy atom. The Balaban J connectivity index is 1.99. The van der Waals surface area contributed by atoms with Crippen LogP contribution in [0.25, 0.3) is 0 Å². The van der Waals surface area contributed by atoms with Gasteiger partial charge in [0.25, 0.3) is 5.91 Å². The number of carbonyl (C=O) groups excluding carboxylic acids is 2. The molecule has 0 radical (unpaired) electrons. The van der Waals surface area contributed by atoms with E-state index >= 15 is 0 Å². The van der Waals surface area contributed by atoms with Gasteiger partial charge in [0.15, 0.2) is 0 Å². The number of piperidine rings is 1. The van der Waals surface area contributed by atoms with E-state index in [1.807, 2.05) is 0 Å². The number of amides is 2. The summed E-state index contributed by atoms with van der Waals surface area (Å²) in [6.45, 7) is 3.22. The first-order valence-electron chi connectivity index (χ1n) is 7.04. The summed E-state index contributed by atoms with van der Waals surface area (Å²) in [6.07, 6.45) is 3.20. The van der Waals surface area contributed by atoms with E-state index in [0.717, 1.165) is 32.4 Å². The molecule has 4 nitrogen and oxygen atoms in total. The van der Waals surface area contributed by atoms with E-state index < -0.39 is 6.04 Å². The summed E-state index contributed by atoms with van der Waals surface area (Å²) in [4.78, 5) is 26.2. The standard InChI is InChI=1S/C15H18Cl2N2O2/c1-10(15(21)19-7-3-2-4-8-19)18-14(20)12-6-5-11(16)9-13(12)17/h5-6,9-10H,2-4,7-8H2,1H3,(H,18,20). The molecule has 1 aliphatic heterocycles. The van der Waals surface area contributed by atoms with Crippen LogP contribution in [0.3, 0.4) is 0 Å². The number of carbonyl (C=O) groups is 2. The molecule has 21 heavy (non-hydrogen) atoms. The van der Waals surface area contributed by atoms with Crippen LogP contribution in [0.15, 0.2) is 18.2 Å². The van der Waals surface area contributed by atoms with Crippen molar-refractivity contribution in [2.45, 2.75) is 32.2 Å². The third-order valence-electron chi connectivity index (χ3n) is 3.56. The molecule has 1 atom stereocenters. The summed E-state index contributed by atoms with van der Waals surface area (Å²) in [5.74, 6) is -0.414. The zero-order chi connectivity index (χ0) is 15.4. The molecule has 0 aliphatic carbocycles. The van der Waals surface area contributed by atoms with Crippen molar-refractivity contribution in [2.24, 2.45) is 0 Å². The summed E-state index contributed by atoms with van der Waals surface area (Å²) in [7, 11) is 0. The van der Waals surface area contributed by atoms with Crippen LogP contribution >= 0.6 is 23.2 Å². The first kappa shape index (κ1) is 16.1. The smallest absolute Gasteiger partial charge is 0.253 e. The number of hydrogen-bond acceptors (Lipinski definition) is 2. The normalized spacial score (nSPS) is 16.4. The molecule has 1 fully saturated rings. The van der Waals surface area contributed by atoms with Crippen molar-refractivity contribution >= 4 is 35.0 Å². The number of benzene rings is 1. The summed E-state index contributed by atoms with van der Waals surface area (Å²) in [6, 6.07) is 4.09. The fourth-order valence-electron chi connectivity index (χ4n) is 2.40. The number of nitrogens with zero attached hydrogens (tertiary/aromatic N) is 1. The highest BCUT2D eigenvalue weighted by atomic mass is 35.5. The summed E-state index contributed by atoms with van der Waals surface area (Å²) in [5.41, 5.74) is 0.319. The lowest BCUT2D eigenvalue weighted by Crippen LogP contribution is -2.48. The Labute approximate surface area is 134 Å². The van der Waals surface area contributed by atoms with Gasteiger partial charge in [-0.05, 0) is 44.4 Å². The quantitative estimate of drug-likeness (QED) is 0.926. The second kappa shape index (κ2) is 7.14. The Bertz CT molecular complexity index is 542. The lowest BCUT2D eigenvalue weighted by atomic mass is 10.1. The number of halogens is 2. The fourth-order valence-corrected chi connectivity index (χ4v) is 2.89. The van der Waals surface area contributed by atoms with Crippen LogP contribution in [0.5, 0.6) is 0 Å². The molecule has 0 spiro atoms. The number of hydrogen-bond donors (Lipinski definition) is 1. The van der Waals surface area contributed by atoms with Gasteiger partial charge < -0.3 is 10.2 Å². The second-order valence-corrected chi connectivity index (χ2v) is 6.05. The molecule has 6 heteroatoms. The Hall–Kier alpha value is -1.26. The number of rotatable bonds is 3. The molecule has 2 amide bonds. The fraction of sp³-hybridized carbons (Fsp3) is 0.467. The van der Waals surface area contributed by atoms with Gasteiger partial charge >= 0.3 is 0 Å². The molecule has 114 valence electrons. The molecule has 0 aromatic heterocycles. The predicted octanol–water partition coefficient (Wildman–Crippen LogP) is 3.12. The van der Waals surface area contributed by atoms with E-state index in [-0.39, 0.29) is 16.8 Å². The minimum atomic E-state index is -0.567. The highest BCUT2D eigenvalue weighted by Crippen LogP contribution is 2.21. The Morgan fingerprint density at radius 1 is 1.19 bits per heavy atom. The largest absolute Gasteiger partial charge is 0.341 e. The van der Waals surface area contributed by atoms with Crippen molar-refractivity contribution in [3.8, 4) is 0 Å². The van der Waals surface area contributed by atoms with Gasteiger partial charge in [0.2, 0.25) is 5.91 Å². The molecule has 0 saturated carbocycles. The van der Waals surface area contributed by atoms with E-state index in [2.05, 4.69) is 5.32 Å². The summed E-state index contributed by atoms with van der Waals surface area (Å²) >= 11 is 11.8. The monoisotopic (exact) mass is 328 g/mol. The van der Waals surface area contributed by atoms with Crippen LogP contribution < -0.4 is 5.32 Å². The summed E-state index contributed by atoms with van der Waals surface area (Å²) < 4.78 is 0. The molecule has 1 unspecified atom stereocenters. The summed E-state index contributed by atoms with van der Waals surface area (Å²) in [5, 5.41) is 3.44. The molecule has 1 heterocycles. The molecule has 0 bridgehead atoms. The third-order valence-corrected chi connectivity index (χ3v) is 4.11. The topological polar surface area (TPSA) is 49.4 Å². The van der Waals surface area contributed by atoms with E-state index in [1.54, 1.807) is 24.0 Å². The van der Waals surface area contributed by atoms with Crippen molar-refractivity contribution in [3.63, 3.8) is 0 Å². The zero-order valence-corrected chi connectivity index (χ0v) is 13.4.